The van der Waals surface area contributed by atoms with Gasteiger partial charge >= 0.3 is 11.9 Å². The van der Waals surface area contributed by atoms with Crippen LogP contribution >= 0.6 is 0 Å². The summed E-state index contributed by atoms with van der Waals surface area (Å²) < 4.78 is 11.7. The summed E-state index contributed by atoms with van der Waals surface area (Å²) >= 11 is 0. The van der Waals surface area contributed by atoms with Crippen LogP contribution in [-0.4, -0.2) is 18.0 Å². The maximum atomic E-state index is 13.0. The predicted molar refractivity (Wildman–Crippen MR) is 105 cm³/mol. The van der Waals surface area contributed by atoms with E-state index in [9.17, 15) is 9.59 Å². The van der Waals surface area contributed by atoms with Crippen LogP contribution in [0.2, 0.25) is 0 Å². The minimum Gasteiger partial charge on any atom is -0.458 e. The van der Waals surface area contributed by atoms with Gasteiger partial charge in [-0.15, -0.1) is 0 Å². The highest BCUT2D eigenvalue weighted by molar-refractivity contribution is 5.98. The van der Waals surface area contributed by atoms with E-state index in [1.54, 1.807) is 0 Å². The summed E-state index contributed by atoms with van der Waals surface area (Å²) in [7, 11) is 0. The van der Waals surface area contributed by atoms with Crippen LogP contribution in [-0.2, 0) is 19.1 Å². The van der Waals surface area contributed by atoms with E-state index in [1.165, 1.54) is 0 Å². The van der Waals surface area contributed by atoms with E-state index in [1.807, 2.05) is 0 Å². The van der Waals surface area contributed by atoms with E-state index in [-0.39, 0.29) is 29.4 Å². The molecule has 6 rings (SSSR count). The fourth-order valence-electron chi connectivity index (χ4n) is 6.73. The number of carbonyl (C=O) groups excluding carboxylic acids is 2. The van der Waals surface area contributed by atoms with Crippen LogP contribution in [0.25, 0.3) is 0 Å². The van der Waals surface area contributed by atoms with Crippen LogP contribution in [0.3, 0.4) is 0 Å². The lowest BCUT2D eigenvalue weighted by Gasteiger charge is -2.55. The lowest BCUT2D eigenvalue weighted by Crippen LogP contribution is -2.54. The van der Waals surface area contributed by atoms with Crippen molar-refractivity contribution in [1.29, 1.82) is 0 Å². The van der Waals surface area contributed by atoms with E-state index in [0.717, 1.165) is 80.3 Å². The Bertz CT molecular complexity index is 816. The van der Waals surface area contributed by atoms with Gasteiger partial charge in [-0.25, -0.2) is 9.59 Å². The Morgan fingerprint density at radius 3 is 2.82 bits per heavy atom. The molecule has 2 bridgehead atoms. The second kappa shape index (κ2) is 6.60. The molecule has 4 nitrogen and oxygen atoms in total. The highest BCUT2D eigenvalue weighted by atomic mass is 16.6. The van der Waals surface area contributed by atoms with Crippen molar-refractivity contribution in [3.05, 3.63) is 34.6 Å². The van der Waals surface area contributed by atoms with Crippen LogP contribution in [0.1, 0.15) is 71.6 Å². The van der Waals surface area contributed by atoms with Crippen molar-refractivity contribution in [1.82, 2.24) is 0 Å². The van der Waals surface area contributed by atoms with E-state index in [4.69, 9.17) is 9.47 Å². The highest BCUT2D eigenvalue weighted by Gasteiger charge is 2.67. The van der Waals surface area contributed by atoms with Crippen molar-refractivity contribution in [3.8, 4) is 0 Å². The quantitative estimate of drug-likeness (QED) is 0.628. The summed E-state index contributed by atoms with van der Waals surface area (Å²) in [6, 6.07) is 0. The fourth-order valence-corrected chi connectivity index (χ4v) is 6.73. The molecule has 28 heavy (non-hydrogen) atoms. The number of carbonyl (C=O) groups is 2. The van der Waals surface area contributed by atoms with Gasteiger partial charge in [-0.1, -0.05) is 39.2 Å². The number of hydrogen-bond acceptors (Lipinski definition) is 4. The lowest BCUT2D eigenvalue weighted by molar-refractivity contribution is -0.141. The Balaban J connectivity index is 1.63. The number of hydrogen-bond donors (Lipinski definition) is 0. The first-order valence-electron chi connectivity index (χ1n) is 11.2. The van der Waals surface area contributed by atoms with Crippen molar-refractivity contribution in [2.75, 3.05) is 0 Å². The van der Waals surface area contributed by atoms with Gasteiger partial charge in [0.25, 0.3) is 0 Å². The minimum atomic E-state index is -0.314. The van der Waals surface area contributed by atoms with Gasteiger partial charge < -0.3 is 9.47 Å². The average molecular weight is 383 g/mol. The summed E-state index contributed by atoms with van der Waals surface area (Å²) in [5, 5.41) is 0. The fraction of sp³-hybridized carbons (Fsp3) is 0.667. The molecule has 0 aromatic rings. The summed E-state index contributed by atoms with van der Waals surface area (Å²) in [4.78, 5) is 25.8. The number of cyclic esters (lactones) is 2. The Morgan fingerprint density at radius 2 is 2.04 bits per heavy atom. The molecule has 5 atom stereocenters. The molecule has 2 aliphatic heterocycles. The van der Waals surface area contributed by atoms with Crippen molar-refractivity contribution in [2.24, 2.45) is 23.2 Å². The summed E-state index contributed by atoms with van der Waals surface area (Å²) in [6.45, 7) is 4.31. The molecule has 2 fully saturated rings. The molecule has 0 aromatic carbocycles. The highest BCUT2D eigenvalue weighted by Crippen LogP contribution is 2.67. The second-order valence-electron chi connectivity index (χ2n) is 9.18. The molecule has 0 amide bonds. The molecular formula is C24H30O4. The summed E-state index contributed by atoms with van der Waals surface area (Å²) in [5.74, 6) is 1.41. The maximum Gasteiger partial charge on any atom is 0.340 e. The van der Waals surface area contributed by atoms with Crippen LogP contribution in [0, 0.1) is 23.2 Å². The van der Waals surface area contributed by atoms with Gasteiger partial charge in [-0.2, -0.15) is 0 Å². The SMILES string of the molecule is CCC/C=C1\OC(=O)C2=C1CC[C@@H]1[C@@H]3C=C4C(=O)O[C@H](CCCC)[C@]4(CC3)[C@H]21. The first kappa shape index (κ1) is 18.2. The van der Waals surface area contributed by atoms with Crippen LogP contribution in [0.5, 0.6) is 0 Å². The van der Waals surface area contributed by atoms with E-state index < -0.39 is 0 Å². The predicted octanol–water partition coefficient (Wildman–Crippen LogP) is 5.00. The van der Waals surface area contributed by atoms with Gasteiger partial charge in [-0.05, 0) is 56.4 Å². The first-order valence-corrected chi connectivity index (χ1v) is 11.2. The molecule has 1 spiro atoms. The number of allylic oxidation sites excluding steroid dienone is 3. The third-order valence-electron chi connectivity index (χ3n) is 7.87. The smallest absolute Gasteiger partial charge is 0.340 e. The number of esters is 2. The van der Waals surface area contributed by atoms with E-state index >= 15 is 0 Å². The third-order valence-corrected chi connectivity index (χ3v) is 7.87. The number of ether oxygens (including phenoxy) is 2. The Labute approximate surface area is 167 Å². The van der Waals surface area contributed by atoms with Crippen LogP contribution < -0.4 is 0 Å². The topological polar surface area (TPSA) is 52.6 Å². The van der Waals surface area contributed by atoms with Gasteiger partial charge in [0.2, 0.25) is 0 Å². The molecule has 1 saturated carbocycles. The molecule has 0 N–H and O–H groups in total. The maximum absolute atomic E-state index is 13.0. The van der Waals surface area contributed by atoms with Gasteiger partial charge in [0.1, 0.15) is 11.9 Å². The molecule has 2 heterocycles. The average Bonchev–Trinajstić information content (AvgIpc) is 3.19. The summed E-state index contributed by atoms with van der Waals surface area (Å²) in [5.41, 5.74) is 2.56. The summed E-state index contributed by atoms with van der Waals surface area (Å²) in [6.07, 6.45) is 13.3. The first-order chi connectivity index (χ1) is 13.6. The van der Waals surface area contributed by atoms with Gasteiger partial charge in [-0.3, -0.25) is 0 Å². The van der Waals surface area contributed by atoms with Crippen molar-refractivity contribution >= 4 is 11.9 Å². The zero-order valence-corrected chi connectivity index (χ0v) is 17.0. The van der Waals surface area contributed by atoms with Crippen LogP contribution in [0.4, 0.5) is 0 Å². The molecule has 0 radical (unpaired) electrons. The van der Waals surface area contributed by atoms with Crippen molar-refractivity contribution in [2.45, 2.75) is 77.7 Å². The second-order valence-corrected chi connectivity index (χ2v) is 9.18. The lowest BCUT2D eigenvalue weighted by atomic mass is 9.45. The molecule has 150 valence electrons. The molecule has 0 unspecified atom stereocenters. The van der Waals surface area contributed by atoms with E-state index in [2.05, 4.69) is 26.0 Å². The standard InChI is InChI=1S/C24H30O4/c1-3-5-7-18-16-10-9-15-14-11-12-24(21(15)20(16)23(26)27-18)17(13-14)22(25)28-19(24)8-6-4-2/h7,13-15,19,21H,3-6,8-12H2,1-2H3/b18-7-/t14-,15+,19+,21-,24+/m0/s1. The zero-order valence-electron chi connectivity index (χ0n) is 17.0. The number of fused-ring (bicyclic) bond motifs is 1. The minimum absolute atomic E-state index is 0.0864. The Kier molecular flexibility index (Phi) is 4.29. The molecule has 4 aliphatic carbocycles. The normalized spacial score (nSPS) is 39.5. The zero-order chi connectivity index (χ0) is 19.5. The van der Waals surface area contributed by atoms with Crippen molar-refractivity contribution < 1.29 is 19.1 Å². The van der Waals surface area contributed by atoms with E-state index in [0.29, 0.717) is 11.8 Å². The van der Waals surface area contributed by atoms with Crippen molar-refractivity contribution in [3.63, 3.8) is 0 Å². The molecule has 1 saturated heterocycles. The van der Waals surface area contributed by atoms with Gasteiger partial charge in [0.15, 0.2) is 0 Å². The molecule has 0 aromatic heterocycles. The van der Waals surface area contributed by atoms with Crippen LogP contribution in [0.15, 0.2) is 34.6 Å². The van der Waals surface area contributed by atoms with Gasteiger partial charge in [0, 0.05) is 28.1 Å². The largest absolute Gasteiger partial charge is 0.458 e. The molecular weight excluding hydrogens is 352 g/mol. The Hall–Kier alpha value is -1.84. The third kappa shape index (κ3) is 2.29. The van der Waals surface area contributed by atoms with Gasteiger partial charge in [0.05, 0.1) is 0 Å². The Morgan fingerprint density at radius 1 is 1.18 bits per heavy atom. The number of unbranched alkanes of at least 4 members (excludes halogenated alkanes) is 2. The molecule has 6 aliphatic rings. The molecule has 4 heteroatoms. The number of rotatable bonds is 5. The monoisotopic (exact) mass is 382 g/mol.